The fourth-order valence-corrected chi connectivity index (χ4v) is 9.13. The molecule has 4 aromatic rings. The van der Waals surface area contributed by atoms with Crippen LogP contribution in [-0.4, -0.2) is 114 Å². The molecule has 0 aromatic heterocycles. The third-order valence-corrected chi connectivity index (χ3v) is 12.3. The number of fused-ring (bicyclic) bond motifs is 1. The van der Waals surface area contributed by atoms with Crippen LogP contribution >= 0.6 is 0 Å². The third-order valence-electron chi connectivity index (χ3n) is 12.3. The first-order chi connectivity index (χ1) is 28.4. The van der Waals surface area contributed by atoms with E-state index < -0.39 is 5.85 Å². The van der Waals surface area contributed by atoms with Gasteiger partial charge in [-0.15, -0.1) is 0 Å². The average Bonchev–Trinajstić information content (AvgIpc) is 3.72. The molecular formula is C48H59N8O2+. The molecule has 4 aliphatic heterocycles. The van der Waals surface area contributed by atoms with Gasteiger partial charge in [0.05, 0.1) is 19.1 Å². The molecule has 0 bridgehead atoms. The fraction of sp³-hybridized carbons (Fsp3) is 0.396. The van der Waals surface area contributed by atoms with Crippen LogP contribution in [0.1, 0.15) is 67.3 Å². The first-order valence-electron chi connectivity index (χ1n) is 21.3. The van der Waals surface area contributed by atoms with E-state index in [1.807, 2.05) is 0 Å². The van der Waals surface area contributed by atoms with Crippen LogP contribution < -0.4 is 5.32 Å². The molecule has 0 spiro atoms. The van der Waals surface area contributed by atoms with Crippen LogP contribution in [0.25, 0.3) is 0 Å². The lowest BCUT2D eigenvalue weighted by Gasteiger charge is -2.46. The molecule has 2 fully saturated rings. The number of aliphatic hydroxyl groups is 1. The molecular weight excluding hydrogens is 721 g/mol. The van der Waals surface area contributed by atoms with Crippen LogP contribution in [0.4, 0.5) is 0 Å². The number of aliphatic imine (C=N–C) groups is 1. The number of rotatable bonds is 15. The molecule has 10 heteroatoms. The van der Waals surface area contributed by atoms with Gasteiger partial charge >= 0.3 is 5.85 Å². The molecule has 0 amide bonds. The van der Waals surface area contributed by atoms with Crippen molar-refractivity contribution >= 4 is 18.1 Å². The molecule has 2 N–H and O–H groups in total. The molecule has 58 heavy (non-hydrogen) atoms. The van der Waals surface area contributed by atoms with Gasteiger partial charge in [-0.1, -0.05) is 135 Å². The number of nitrogens with one attached hydrogen (secondary N) is 1. The van der Waals surface area contributed by atoms with E-state index in [9.17, 15) is 5.11 Å². The van der Waals surface area contributed by atoms with E-state index in [2.05, 4.69) is 161 Å². The molecule has 2 saturated heterocycles. The predicted molar refractivity (Wildman–Crippen MR) is 233 cm³/mol. The Morgan fingerprint density at radius 1 is 0.741 bits per heavy atom. The van der Waals surface area contributed by atoms with Gasteiger partial charge < -0.3 is 20.1 Å². The van der Waals surface area contributed by atoms with Crippen molar-refractivity contribution in [2.24, 2.45) is 21.1 Å². The van der Waals surface area contributed by atoms with Gasteiger partial charge in [0.1, 0.15) is 0 Å². The maximum atomic E-state index is 13.3. The normalized spacial score (nSPS) is 21.4. The summed E-state index contributed by atoms with van der Waals surface area (Å²) in [5.41, 5.74) is 6.09. The van der Waals surface area contributed by atoms with E-state index in [1.54, 1.807) is 6.34 Å². The Bertz CT molecular complexity index is 1970. The van der Waals surface area contributed by atoms with Crippen molar-refractivity contribution in [2.75, 3.05) is 65.5 Å². The molecule has 4 heterocycles. The van der Waals surface area contributed by atoms with Crippen molar-refractivity contribution in [2.45, 2.75) is 50.9 Å². The fourth-order valence-electron chi connectivity index (χ4n) is 9.13. The number of ether oxygens (including phenoxy) is 1. The summed E-state index contributed by atoms with van der Waals surface area (Å²) >= 11 is 0. The van der Waals surface area contributed by atoms with Crippen molar-refractivity contribution in [1.29, 1.82) is 0 Å². The summed E-state index contributed by atoms with van der Waals surface area (Å²) in [4.78, 5) is 12.1. The Labute approximate surface area is 344 Å². The maximum Gasteiger partial charge on any atom is 0.320 e. The zero-order valence-corrected chi connectivity index (χ0v) is 34.1. The molecule has 0 saturated carbocycles. The van der Waals surface area contributed by atoms with Crippen LogP contribution in [0, 0.1) is 5.92 Å². The highest BCUT2D eigenvalue weighted by molar-refractivity contribution is 6.06. The number of benzene rings is 4. The minimum Gasteiger partial charge on any atom is -0.474 e. The molecule has 10 nitrogen and oxygen atoms in total. The van der Waals surface area contributed by atoms with Crippen molar-refractivity contribution in [3.63, 3.8) is 0 Å². The Hall–Kier alpha value is -4.81. The summed E-state index contributed by atoms with van der Waals surface area (Å²) in [6.45, 7) is 12.7. The van der Waals surface area contributed by atoms with E-state index in [0.29, 0.717) is 44.3 Å². The lowest BCUT2D eigenvalue weighted by molar-refractivity contribution is -0.951. The summed E-state index contributed by atoms with van der Waals surface area (Å²) in [7, 11) is 0. The molecule has 2 atom stereocenters. The number of amidine groups is 1. The number of quaternary nitrogens is 1. The lowest BCUT2D eigenvalue weighted by Crippen LogP contribution is -2.71. The quantitative estimate of drug-likeness (QED) is 0.0995. The monoisotopic (exact) mass is 779 g/mol. The van der Waals surface area contributed by atoms with Crippen LogP contribution in [0.15, 0.2) is 148 Å². The number of piperazine rings is 2. The molecule has 4 aromatic carbocycles. The highest BCUT2D eigenvalue weighted by atomic mass is 16.5. The average molecular weight is 780 g/mol. The minimum absolute atomic E-state index is 0.0812. The second-order valence-electron chi connectivity index (χ2n) is 16.2. The van der Waals surface area contributed by atoms with E-state index >= 15 is 0 Å². The predicted octanol–water partition coefficient (Wildman–Crippen LogP) is 7.05. The number of hydrogen-bond acceptors (Lipinski definition) is 9. The standard InChI is InChI=1S/C48H59N8O2/c1-38(2)44-36-45-50-37-51-56(45,48(57,55-29-26-49-27-30-55)25-24-43(39-16-7-3-8-17-39)40-18-9-4-10-19-40)52-47(44)58-35-15-28-53-31-33-54(34-32-53)46(41-20-11-5-12-21-41)42-22-13-6-14-23-42/h3-14,16-23,36-38,43,46,49,57H,15,24-35H2,1-2H3/q+1. The van der Waals surface area contributed by atoms with E-state index in [-0.39, 0.29) is 22.6 Å². The van der Waals surface area contributed by atoms with Gasteiger partial charge in [0, 0.05) is 81.2 Å². The molecule has 302 valence electrons. The summed E-state index contributed by atoms with van der Waals surface area (Å²) < 4.78 is 6.27. The van der Waals surface area contributed by atoms with Gasteiger partial charge in [0.25, 0.3) is 11.7 Å². The zero-order chi connectivity index (χ0) is 39.8. The molecule has 0 radical (unpaired) electrons. The Kier molecular flexibility index (Phi) is 12.7. The van der Waals surface area contributed by atoms with Crippen LogP contribution in [0.3, 0.4) is 0 Å². The first kappa shape index (κ1) is 40.0. The van der Waals surface area contributed by atoms with Crippen molar-refractivity contribution in [3.8, 4) is 0 Å². The largest absolute Gasteiger partial charge is 0.474 e. The van der Waals surface area contributed by atoms with Gasteiger partial charge in [0.15, 0.2) is 6.34 Å². The highest BCUT2D eigenvalue weighted by Crippen LogP contribution is 2.42. The second kappa shape index (κ2) is 18.4. The van der Waals surface area contributed by atoms with Crippen molar-refractivity contribution in [1.82, 2.24) is 20.0 Å². The summed E-state index contributed by atoms with van der Waals surface area (Å²) in [6, 6.07) is 43.2. The summed E-state index contributed by atoms with van der Waals surface area (Å²) in [6.07, 6.45) is 5.60. The van der Waals surface area contributed by atoms with E-state index in [0.717, 1.165) is 57.8 Å². The van der Waals surface area contributed by atoms with E-state index in [1.165, 1.54) is 22.3 Å². The highest BCUT2D eigenvalue weighted by Gasteiger charge is 2.63. The Balaban J connectivity index is 0.981. The summed E-state index contributed by atoms with van der Waals surface area (Å²) in [5.74, 6) is -0.108. The van der Waals surface area contributed by atoms with Gasteiger partial charge in [-0.05, 0) is 51.2 Å². The lowest BCUT2D eigenvalue weighted by atomic mass is 9.86. The molecule has 0 aliphatic carbocycles. The zero-order valence-electron chi connectivity index (χ0n) is 34.1. The second-order valence-corrected chi connectivity index (χ2v) is 16.2. The van der Waals surface area contributed by atoms with Crippen LogP contribution in [-0.2, 0) is 4.74 Å². The minimum atomic E-state index is -1.50. The Morgan fingerprint density at radius 3 is 1.84 bits per heavy atom. The van der Waals surface area contributed by atoms with Gasteiger partial charge in [-0.2, -0.15) is 4.99 Å². The smallest absolute Gasteiger partial charge is 0.320 e. The van der Waals surface area contributed by atoms with Crippen molar-refractivity contribution < 1.29 is 14.5 Å². The Morgan fingerprint density at radius 2 is 1.29 bits per heavy atom. The van der Waals surface area contributed by atoms with Gasteiger partial charge in [0.2, 0.25) is 0 Å². The SMILES string of the molecule is CC(C)C1=CC2=NC=N[N+]2(C(O)(CCC(c2ccccc2)c2ccccc2)N2CCNCC2)N=C1OCCCN1CCN(C(c2ccccc2)c2ccccc2)CC1. The summed E-state index contributed by atoms with van der Waals surface area (Å²) in [5, 5.41) is 27.1. The van der Waals surface area contributed by atoms with Gasteiger partial charge in [-0.25, -0.2) is 4.90 Å². The van der Waals surface area contributed by atoms with Crippen LogP contribution in [0.5, 0.6) is 0 Å². The van der Waals surface area contributed by atoms with Crippen LogP contribution in [0.2, 0.25) is 0 Å². The molecule has 8 rings (SSSR count). The molecule has 2 unspecified atom stereocenters. The number of nitrogens with zero attached hydrogens (tertiary/aromatic N) is 7. The first-order valence-corrected chi connectivity index (χ1v) is 21.3. The number of hydrogen-bond donors (Lipinski definition) is 2. The third kappa shape index (κ3) is 8.50. The maximum absolute atomic E-state index is 13.3. The van der Waals surface area contributed by atoms with E-state index in [4.69, 9.17) is 19.9 Å². The van der Waals surface area contributed by atoms with Crippen molar-refractivity contribution in [3.05, 3.63) is 155 Å². The molecule has 4 aliphatic rings. The topological polar surface area (TPSA) is 88.3 Å². The van der Waals surface area contributed by atoms with Gasteiger partial charge in [-0.3, -0.25) is 4.90 Å².